The maximum atomic E-state index is 13.6. The minimum atomic E-state index is -3.44. The molecule has 0 unspecified atom stereocenters. The summed E-state index contributed by atoms with van der Waals surface area (Å²) in [4.78, 5) is 13.8. The lowest BCUT2D eigenvalue weighted by atomic mass is 10.2. The third-order valence-corrected chi connectivity index (χ3v) is 6.36. The number of halogens is 2. The average Bonchev–Trinajstić information content (AvgIpc) is 2.66. The highest BCUT2D eigenvalue weighted by molar-refractivity contribution is 7.88. The van der Waals surface area contributed by atoms with E-state index in [1.54, 1.807) is 29.2 Å². The molecule has 0 saturated carbocycles. The molecule has 0 spiro atoms. The van der Waals surface area contributed by atoms with Crippen LogP contribution in [0.4, 0.5) is 14.5 Å². The van der Waals surface area contributed by atoms with Crippen LogP contribution in [0.15, 0.2) is 48.5 Å². The molecule has 3 rings (SSSR count). The molecular weight excluding hydrogens is 388 g/mol. The molecule has 0 aliphatic carbocycles. The van der Waals surface area contributed by atoms with E-state index in [-0.39, 0.29) is 25.4 Å². The largest absolute Gasteiger partial charge is 0.320 e. The monoisotopic (exact) mass is 409 g/mol. The van der Waals surface area contributed by atoms with Crippen LogP contribution in [0, 0.1) is 11.6 Å². The molecule has 1 heterocycles. The van der Waals surface area contributed by atoms with Gasteiger partial charge in [-0.25, -0.2) is 17.2 Å². The first-order valence-electron chi connectivity index (χ1n) is 8.83. The van der Waals surface area contributed by atoms with E-state index < -0.39 is 33.3 Å². The number of sulfonamides is 1. The standard InChI is InChI=1S/C19H21F2N3O3S/c20-16-7-4-8-17(21)19(16)22-18(25)13-23-9-11-24(12-10-23)28(26,27)14-15-5-2-1-3-6-15/h1-8H,9-14H2,(H,22,25). The number of carbonyl (C=O) groups excluding carboxylic acids is 1. The minimum Gasteiger partial charge on any atom is -0.320 e. The lowest BCUT2D eigenvalue weighted by molar-refractivity contribution is -0.117. The van der Waals surface area contributed by atoms with Crippen LogP contribution in [0.2, 0.25) is 0 Å². The zero-order valence-electron chi connectivity index (χ0n) is 15.1. The van der Waals surface area contributed by atoms with Gasteiger partial charge in [0.25, 0.3) is 0 Å². The van der Waals surface area contributed by atoms with Crippen molar-refractivity contribution >= 4 is 21.6 Å². The molecule has 2 aromatic rings. The molecule has 1 aliphatic rings. The van der Waals surface area contributed by atoms with E-state index in [4.69, 9.17) is 0 Å². The molecule has 1 fully saturated rings. The predicted molar refractivity (Wildman–Crippen MR) is 102 cm³/mol. The number of nitrogens with zero attached hydrogens (tertiary/aromatic N) is 2. The van der Waals surface area contributed by atoms with E-state index in [1.165, 1.54) is 10.4 Å². The Kier molecular flexibility index (Phi) is 6.38. The van der Waals surface area contributed by atoms with Crippen molar-refractivity contribution in [1.82, 2.24) is 9.21 Å². The number of anilines is 1. The molecule has 2 aromatic carbocycles. The summed E-state index contributed by atoms with van der Waals surface area (Å²) in [7, 11) is -3.44. The third-order valence-electron chi connectivity index (χ3n) is 4.51. The molecule has 6 nitrogen and oxygen atoms in total. The van der Waals surface area contributed by atoms with Crippen molar-refractivity contribution in [2.24, 2.45) is 0 Å². The van der Waals surface area contributed by atoms with Gasteiger partial charge in [-0.15, -0.1) is 0 Å². The normalized spacial score (nSPS) is 16.1. The summed E-state index contributed by atoms with van der Waals surface area (Å²) in [5, 5.41) is 2.24. The van der Waals surface area contributed by atoms with Gasteiger partial charge in [0.15, 0.2) is 0 Å². The van der Waals surface area contributed by atoms with Gasteiger partial charge in [0.1, 0.15) is 17.3 Å². The summed E-state index contributed by atoms with van der Waals surface area (Å²) in [5.74, 6) is -2.30. The van der Waals surface area contributed by atoms with Crippen LogP contribution >= 0.6 is 0 Å². The summed E-state index contributed by atoms with van der Waals surface area (Å²) in [6, 6.07) is 12.3. The lowest BCUT2D eigenvalue weighted by Gasteiger charge is -2.33. The molecule has 0 bridgehead atoms. The number of para-hydroxylation sites is 1. The van der Waals surface area contributed by atoms with Gasteiger partial charge >= 0.3 is 0 Å². The smallest absolute Gasteiger partial charge is 0.238 e. The van der Waals surface area contributed by atoms with Crippen LogP contribution in [-0.4, -0.2) is 56.3 Å². The van der Waals surface area contributed by atoms with Gasteiger partial charge in [-0.1, -0.05) is 36.4 Å². The number of benzene rings is 2. The van der Waals surface area contributed by atoms with E-state index in [9.17, 15) is 22.0 Å². The van der Waals surface area contributed by atoms with Crippen molar-refractivity contribution in [3.63, 3.8) is 0 Å². The molecule has 0 radical (unpaired) electrons. The van der Waals surface area contributed by atoms with Crippen molar-refractivity contribution in [1.29, 1.82) is 0 Å². The first kappa shape index (κ1) is 20.4. The number of hydrogen-bond acceptors (Lipinski definition) is 4. The van der Waals surface area contributed by atoms with Gasteiger partial charge < -0.3 is 5.32 Å². The quantitative estimate of drug-likeness (QED) is 0.793. The Morgan fingerprint density at radius 1 is 0.929 bits per heavy atom. The molecular formula is C19H21F2N3O3S. The Morgan fingerprint density at radius 2 is 1.54 bits per heavy atom. The van der Waals surface area contributed by atoms with Crippen LogP contribution in [0.1, 0.15) is 5.56 Å². The second-order valence-electron chi connectivity index (χ2n) is 6.56. The molecule has 1 saturated heterocycles. The van der Waals surface area contributed by atoms with Gasteiger partial charge in [0, 0.05) is 26.2 Å². The van der Waals surface area contributed by atoms with Gasteiger partial charge in [-0.3, -0.25) is 9.69 Å². The van der Waals surface area contributed by atoms with Crippen LogP contribution < -0.4 is 5.32 Å². The highest BCUT2D eigenvalue weighted by Gasteiger charge is 2.28. The molecule has 1 amide bonds. The maximum Gasteiger partial charge on any atom is 0.238 e. The number of piperazine rings is 1. The molecule has 0 aromatic heterocycles. The predicted octanol–water partition coefficient (Wildman–Crippen LogP) is 2.05. The third kappa shape index (κ3) is 5.12. The maximum absolute atomic E-state index is 13.6. The average molecular weight is 409 g/mol. The van der Waals surface area contributed by atoms with Gasteiger partial charge in [-0.05, 0) is 17.7 Å². The lowest BCUT2D eigenvalue weighted by Crippen LogP contribution is -2.50. The van der Waals surface area contributed by atoms with Crippen LogP contribution in [-0.2, 0) is 20.6 Å². The number of rotatable bonds is 6. The van der Waals surface area contributed by atoms with Crippen molar-refractivity contribution in [3.05, 3.63) is 65.7 Å². The van der Waals surface area contributed by atoms with E-state index >= 15 is 0 Å². The molecule has 150 valence electrons. The van der Waals surface area contributed by atoms with Crippen LogP contribution in [0.5, 0.6) is 0 Å². The first-order valence-corrected chi connectivity index (χ1v) is 10.4. The van der Waals surface area contributed by atoms with Gasteiger partial charge in [0.05, 0.1) is 12.3 Å². The van der Waals surface area contributed by atoms with Gasteiger partial charge in [-0.2, -0.15) is 4.31 Å². The SMILES string of the molecule is O=C(CN1CCN(S(=O)(=O)Cc2ccccc2)CC1)Nc1c(F)cccc1F. The summed E-state index contributed by atoms with van der Waals surface area (Å²) in [5.41, 5.74) is 0.243. The van der Waals surface area contributed by atoms with E-state index in [2.05, 4.69) is 5.32 Å². The highest BCUT2D eigenvalue weighted by Crippen LogP contribution is 2.18. The summed E-state index contributed by atoms with van der Waals surface area (Å²) >= 11 is 0. The van der Waals surface area contributed by atoms with Crippen molar-refractivity contribution in [2.45, 2.75) is 5.75 Å². The second-order valence-corrected chi connectivity index (χ2v) is 8.53. The van der Waals surface area contributed by atoms with Crippen molar-refractivity contribution in [3.8, 4) is 0 Å². The number of carbonyl (C=O) groups is 1. The van der Waals surface area contributed by atoms with Gasteiger partial charge in [0.2, 0.25) is 15.9 Å². The summed E-state index contributed by atoms with van der Waals surface area (Å²) in [6.07, 6.45) is 0. The van der Waals surface area contributed by atoms with E-state index in [1.807, 2.05) is 6.07 Å². The highest BCUT2D eigenvalue weighted by atomic mass is 32.2. The van der Waals surface area contributed by atoms with E-state index in [0.29, 0.717) is 13.1 Å². The molecule has 1 aliphatic heterocycles. The van der Waals surface area contributed by atoms with Crippen molar-refractivity contribution < 1.29 is 22.0 Å². The molecule has 0 atom stereocenters. The molecule has 28 heavy (non-hydrogen) atoms. The summed E-state index contributed by atoms with van der Waals surface area (Å²) in [6.45, 7) is 1.18. The summed E-state index contributed by atoms with van der Waals surface area (Å²) < 4.78 is 53.7. The second kappa shape index (κ2) is 8.76. The van der Waals surface area contributed by atoms with E-state index in [0.717, 1.165) is 17.7 Å². The fraction of sp³-hybridized carbons (Fsp3) is 0.316. The van der Waals surface area contributed by atoms with Crippen molar-refractivity contribution in [2.75, 3.05) is 38.0 Å². The molecule has 1 N–H and O–H groups in total. The van der Waals surface area contributed by atoms with Crippen LogP contribution in [0.3, 0.4) is 0 Å². The Hall–Kier alpha value is -2.36. The zero-order valence-corrected chi connectivity index (χ0v) is 16.0. The minimum absolute atomic E-state index is 0.0686. The Morgan fingerprint density at radius 3 is 2.14 bits per heavy atom. The zero-order chi connectivity index (χ0) is 20.1. The first-order chi connectivity index (χ1) is 13.3. The Labute approximate surface area is 162 Å². The fourth-order valence-corrected chi connectivity index (χ4v) is 4.56. The fourth-order valence-electron chi connectivity index (χ4n) is 3.04. The van der Waals surface area contributed by atoms with Crippen LogP contribution in [0.25, 0.3) is 0 Å². The Bertz CT molecular complexity index is 910. The Balaban J connectivity index is 1.52. The number of nitrogens with one attached hydrogen (secondary N) is 1. The number of amides is 1. The number of hydrogen-bond donors (Lipinski definition) is 1. The topological polar surface area (TPSA) is 69.7 Å². The molecule has 9 heteroatoms.